The van der Waals surface area contributed by atoms with E-state index >= 15 is 0 Å². The van der Waals surface area contributed by atoms with Gasteiger partial charge in [-0.2, -0.15) is 0 Å². The molecule has 0 saturated heterocycles. The van der Waals surface area contributed by atoms with Crippen molar-refractivity contribution < 1.29 is 4.79 Å². The fourth-order valence-corrected chi connectivity index (χ4v) is 1.95. The summed E-state index contributed by atoms with van der Waals surface area (Å²) >= 11 is 1.24. The maximum absolute atomic E-state index is 11.7. The average molecular weight is 230 g/mol. The van der Waals surface area contributed by atoms with Crippen LogP contribution in [0.1, 0.15) is 16.1 Å². The second-order valence-corrected chi connectivity index (χ2v) is 4.10. The number of aromatic nitrogens is 2. The largest absolute Gasteiger partial charge is 0.280 e. The molecule has 80 valence electrons. The molecule has 3 nitrogen and oxygen atoms in total. The van der Waals surface area contributed by atoms with Gasteiger partial charge in [0.25, 0.3) is 0 Å². The van der Waals surface area contributed by atoms with E-state index in [0.717, 1.165) is 5.56 Å². The van der Waals surface area contributed by atoms with Crippen molar-refractivity contribution >= 4 is 16.9 Å². The van der Waals surface area contributed by atoms with Gasteiger partial charge in [0.15, 0.2) is 0 Å². The van der Waals surface area contributed by atoms with Crippen LogP contribution in [0.3, 0.4) is 0 Å². The van der Waals surface area contributed by atoms with Crippen LogP contribution in [0.4, 0.5) is 0 Å². The number of rotatable bonds is 3. The fraction of sp³-hybridized carbons (Fsp3) is 0.0833. The van der Waals surface area contributed by atoms with Crippen molar-refractivity contribution in [1.82, 2.24) is 9.97 Å². The topological polar surface area (TPSA) is 42.9 Å². The molecule has 0 bridgehead atoms. The molecule has 2 rings (SSSR count). The summed E-state index contributed by atoms with van der Waals surface area (Å²) < 4.78 is 0. The molecule has 4 heteroatoms. The van der Waals surface area contributed by atoms with E-state index < -0.39 is 0 Å². The number of hydrogen-bond acceptors (Lipinski definition) is 4. The highest BCUT2D eigenvalue weighted by Crippen LogP contribution is 2.15. The van der Waals surface area contributed by atoms with Crippen LogP contribution in [-0.4, -0.2) is 15.1 Å². The van der Waals surface area contributed by atoms with Gasteiger partial charge in [-0.05, 0) is 5.56 Å². The van der Waals surface area contributed by atoms with Crippen molar-refractivity contribution in [3.8, 4) is 0 Å². The summed E-state index contributed by atoms with van der Waals surface area (Å²) in [5.74, 6) is 0.663. The smallest absolute Gasteiger partial charge is 0.239 e. The molecule has 0 fully saturated rings. The average Bonchev–Trinajstić information content (AvgIpc) is 2.38. The number of carbonyl (C=O) groups is 1. The van der Waals surface area contributed by atoms with Crippen molar-refractivity contribution in [1.29, 1.82) is 0 Å². The third kappa shape index (κ3) is 2.90. The van der Waals surface area contributed by atoms with Gasteiger partial charge in [-0.15, -0.1) is 0 Å². The first-order chi connectivity index (χ1) is 7.86. The van der Waals surface area contributed by atoms with Crippen LogP contribution in [0.5, 0.6) is 0 Å². The Morgan fingerprint density at radius 1 is 1.19 bits per heavy atom. The molecule has 0 aliphatic rings. The zero-order chi connectivity index (χ0) is 11.2. The summed E-state index contributed by atoms with van der Waals surface area (Å²) in [6, 6.07) is 9.87. The van der Waals surface area contributed by atoms with Gasteiger partial charge in [0, 0.05) is 18.1 Å². The van der Waals surface area contributed by atoms with Gasteiger partial charge in [-0.3, -0.25) is 9.78 Å². The lowest BCUT2D eigenvalue weighted by Crippen LogP contribution is -1.98. The van der Waals surface area contributed by atoms with Crippen molar-refractivity contribution in [3.63, 3.8) is 0 Å². The van der Waals surface area contributed by atoms with Crippen molar-refractivity contribution in [2.75, 3.05) is 0 Å². The van der Waals surface area contributed by atoms with Crippen LogP contribution < -0.4 is 0 Å². The lowest BCUT2D eigenvalue weighted by molar-refractivity contribution is 0.108. The normalized spacial score (nSPS) is 10.0. The molecule has 0 saturated carbocycles. The zero-order valence-electron chi connectivity index (χ0n) is 8.54. The highest BCUT2D eigenvalue weighted by atomic mass is 32.2. The van der Waals surface area contributed by atoms with Gasteiger partial charge >= 0.3 is 0 Å². The first-order valence-electron chi connectivity index (χ1n) is 4.83. The lowest BCUT2D eigenvalue weighted by atomic mass is 10.2. The molecule has 1 aromatic heterocycles. The van der Waals surface area contributed by atoms with Crippen LogP contribution in [0, 0.1) is 0 Å². The van der Waals surface area contributed by atoms with Crippen molar-refractivity contribution in [2.24, 2.45) is 0 Å². The Hall–Kier alpha value is -1.68. The molecule has 0 aliphatic heterocycles. The highest BCUT2D eigenvalue weighted by Gasteiger charge is 2.07. The molecule has 0 N–H and O–H groups in total. The number of hydrogen-bond donors (Lipinski definition) is 0. The molecule has 0 spiro atoms. The summed E-state index contributed by atoms with van der Waals surface area (Å²) in [4.78, 5) is 19.5. The van der Waals surface area contributed by atoms with Crippen molar-refractivity contribution in [2.45, 2.75) is 5.75 Å². The fourth-order valence-electron chi connectivity index (χ4n) is 1.20. The standard InChI is InChI=1S/C12H10N2OS/c15-12(11-8-13-6-7-14-11)16-9-10-4-2-1-3-5-10/h1-8H,9H2. The maximum Gasteiger partial charge on any atom is 0.239 e. The molecular formula is C12H10N2OS. The molecule has 0 radical (unpaired) electrons. The summed E-state index contributed by atoms with van der Waals surface area (Å²) in [6.45, 7) is 0. The SMILES string of the molecule is O=C(SCc1ccccc1)c1cnccn1. The van der Waals surface area contributed by atoms with E-state index in [4.69, 9.17) is 0 Å². The molecule has 0 amide bonds. The van der Waals surface area contributed by atoms with Crippen LogP contribution >= 0.6 is 11.8 Å². The molecule has 1 aromatic carbocycles. The van der Waals surface area contributed by atoms with Gasteiger partial charge in [-0.1, -0.05) is 42.1 Å². The number of benzene rings is 1. The van der Waals surface area contributed by atoms with E-state index in [1.54, 1.807) is 6.20 Å². The zero-order valence-corrected chi connectivity index (χ0v) is 9.35. The molecule has 1 heterocycles. The second kappa shape index (κ2) is 5.42. The number of thioether (sulfide) groups is 1. The van der Waals surface area contributed by atoms with E-state index in [1.165, 1.54) is 24.2 Å². The molecule has 0 atom stereocenters. The van der Waals surface area contributed by atoms with Crippen LogP contribution in [0.15, 0.2) is 48.9 Å². The summed E-state index contributed by atoms with van der Waals surface area (Å²) in [6.07, 6.45) is 4.56. The lowest BCUT2D eigenvalue weighted by Gasteiger charge is -1.99. The molecule has 2 aromatic rings. The Bertz CT molecular complexity index is 459. The van der Waals surface area contributed by atoms with Gasteiger partial charge in [-0.25, -0.2) is 4.98 Å². The van der Waals surface area contributed by atoms with Gasteiger partial charge in [0.2, 0.25) is 5.12 Å². The van der Waals surface area contributed by atoms with Gasteiger partial charge in [0.1, 0.15) is 5.69 Å². The summed E-state index contributed by atoms with van der Waals surface area (Å²) in [5, 5.41) is -0.0445. The minimum Gasteiger partial charge on any atom is -0.280 e. The number of carbonyl (C=O) groups excluding carboxylic acids is 1. The Labute approximate surface area is 97.9 Å². The quantitative estimate of drug-likeness (QED) is 0.812. The maximum atomic E-state index is 11.7. The predicted molar refractivity (Wildman–Crippen MR) is 64.1 cm³/mol. The second-order valence-electron chi connectivity index (χ2n) is 3.15. The Morgan fingerprint density at radius 3 is 2.69 bits per heavy atom. The van der Waals surface area contributed by atoms with E-state index in [9.17, 15) is 4.79 Å². The van der Waals surface area contributed by atoms with Gasteiger partial charge < -0.3 is 0 Å². The van der Waals surface area contributed by atoms with Crippen LogP contribution in [0.2, 0.25) is 0 Å². The summed E-state index contributed by atoms with van der Waals surface area (Å²) in [5.41, 5.74) is 1.54. The van der Waals surface area contributed by atoms with Gasteiger partial charge in [0.05, 0.1) is 6.20 Å². The minimum atomic E-state index is -0.0445. The predicted octanol–water partition coefficient (Wildman–Crippen LogP) is 2.55. The molecular weight excluding hydrogens is 220 g/mol. The first-order valence-corrected chi connectivity index (χ1v) is 5.82. The molecule has 0 unspecified atom stereocenters. The van der Waals surface area contributed by atoms with Crippen molar-refractivity contribution in [3.05, 3.63) is 60.2 Å². The minimum absolute atomic E-state index is 0.0445. The molecule has 0 aliphatic carbocycles. The van der Waals surface area contributed by atoms with Crippen LogP contribution in [0.25, 0.3) is 0 Å². The monoisotopic (exact) mass is 230 g/mol. The van der Waals surface area contributed by atoms with E-state index in [1.807, 2.05) is 30.3 Å². The van der Waals surface area contributed by atoms with Crippen LogP contribution in [-0.2, 0) is 5.75 Å². The Balaban J connectivity index is 1.95. The number of nitrogens with zero attached hydrogens (tertiary/aromatic N) is 2. The van der Waals surface area contributed by atoms with E-state index in [2.05, 4.69) is 9.97 Å². The third-order valence-electron chi connectivity index (χ3n) is 1.99. The highest BCUT2D eigenvalue weighted by molar-refractivity contribution is 8.13. The summed E-state index contributed by atoms with van der Waals surface area (Å²) in [7, 11) is 0. The Kier molecular flexibility index (Phi) is 3.66. The first kappa shape index (κ1) is 10.8. The Morgan fingerprint density at radius 2 is 2.00 bits per heavy atom. The third-order valence-corrected chi connectivity index (χ3v) is 2.93. The van der Waals surface area contributed by atoms with E-state index in [-0.39, 0.29) is 5.12 Å². The van der Waals surface area contributed by atoms with E-state index in [0.29, 0.717) is 11.4 Å². The molecule has 16 heavy (non-hydrogen) atoms.